The second-order valence-electron chi connectivity index (χ2n) is 5.76. The van der Waals surface area contributed by atoms with Crippen LogP contribution in [0.5, 0.6) is 0 Å². The van der Waals surface area contributed by atoms with Gasteiger partial charge in [0.05, 0.1) is 5.56 Å². The molecule has 132 valence electrons. The van der Waals surface area contributed by atoms with E-state index in [2.05, 4.69) is 10.3 Å². The van der Waals surface area contributed by atoms with Crippen molar-refractivity contribution in [1.29, 1.82) is 0 Å². The molecule has 0 unspecified atom stereocenters. The van der Waals surface area contributed by atoms with E-state index in [0.29, 0.717) is 16.9 Å². The number of aromatic nitrogens is 2. The lowest BCUT2D eigenvalue weighted by Gasteiger charge is -2.07. The molecule has 0 radical (unpaired) electrons. The molecule has 5 nitrogen and oxygen atoms in total. The number of anilines is 1. The lowest BCUT2D eigenvalue weighted by atomic mass is 10.1. The topological polar surface area (TPSA) is 64.0 Å². The number of nitrogens with zero attached hydrogens (tertiary/aromatic N) is 2. The fourth-order valence-electron chi connectivity index (χ4n) is 2.42. The van der Waals surface area contributed by atoms with Gasteiger partial charge in [-0.05, 0) is 29.3 Å². The Morgan fingerprint density at radius 3 is 2.65 bits per heavy atom. The molecule has 2 aromatic heterocycles. The Bertz CT molecular complexity index is 1010. The number of carbonyl (C=O) groups excluding carboxylic acids is 1. The van der Waals surface area contributed by atoms with Gasteiger partial charge in [-0.2, -0.15) is 0 Å². The SMILES string of the molecule is Cn1cc(C(=O)Nc2ccc(Cc3cccc(F)c3F)cn2)ccc1=O. The summed E-state index contributed by atoms with van der Waals surface area (Å²) in [7, 11) is 1.55. The van der Waals surface area contributed by atoms with Crippen LogP contribution in [-0.2, 0) is 13.5 Å². The minimum Gasteiger partial charge on any atom is -0.318 e. The van der Waals surface area contributed by atoms with Crippen LogP contribution in [0.15, 0.2) is 59.7 Å². The van der Waals surface area contributed by atoms with Crippen molar-refractivity contribution >= 4 is 11.7 Å². The molecule has 0 spiro atoms. The van der Waals surface area contributed by atoms with Crippen molar-refractivity contribution in [2.24, 2.45) is 7.05 Å². The van der Waals surface area contributed by atoms with Gasteiger partial charge in [0.1, 0.15) is 5.82 Å². The number of amides is 1. The minimum atomic E-state index is -0.892. The van der Waals surface area contributed by atoms with Crippen LogP contribution in [0.1, 0.15) is 21.5 Å². The summed E-state index contributed by atoms with van der Waals surface area (Å²) in [4.78, 5) is 27.6. The predicted molar refractivity (Wildman–Crippen MR) is 93.0 cm³/mol. The zero-order valence-corrected chi connectivity index (χ0v) is 13.9. The first-order valence-electron chi connectivity index (χ1n) is 7.80. The molecule has 0 bridgehead atoms. The molecule has 0 fully saturated rings. The summed E-state index contributed by atoms with van der Waals surface area (Å²) in [5.41, 5.74) is 1.01. The second-order valence-corrected chi connectivity index (χ2v) is 5.76. The maximum Gasteiger partial charge on any atom is 0.258 e. The van der Waals surface area contributed by atoms with Crippen molar-refractivity contribution < 1.29 is 13.6 Å². The third kappa shape index (κ3) is 3.83. The normalized spacial score (nSPS) is 10.6. The Morgan fingerprint density at radius 2 is 1.96 bits per heavy atom. The summed E-state index contributed by atoms with van der Waals surface area (Å²) in [6.07, 6.45) is 3.10. The summed E-state index contributed by atoms with van der Waals surface area (Å²) in [5.74, 6) is -1.86. The van der Waals surface area contributed by atoms with E-state index in [1.807, 2.05) is 0 Å². The zero-order valence-electron chi connectivity index (χ0n) is 13.9. The van der Waals surface area contributed by atoms with Crippen LogP contribution < -0.4 is 10.9 Å². The monoisotopic (exact) mass is 355 g/mol. The third-order valence-electron chi connectivity index (χ3n) is 3.84. The summed E-state index contributed by atoms with van der Waals surface area (Å²) in [6, 6.07) is 10.0. The molecule has 0 saturated heterocycles. The van der Waals surface area contributed by atoms with Gasteiger partial charge in [0, 0.05) is 31.9 Å². The van der Waals surface area contributed by atoms with Gasteiger partial charge in [-0.25, -0.2) is 13.8 Å². The van der Waals surface area contributed by atoms with Gasteiger partial charge in [-0.15, -0.1) is 0 Å². The van der Waals surface area contributed by atoms with Gasteiger partial charge >= 0.3 is 0 Å². The Hall–Kier alpha value is -3.35. The summed E-state index contributed by atoms with van der Waals surface area (Å²) >= 11 is 0. The number of hydrogen-bond acceptors (Lipinski definition) is 3. The highest BCUT2D eigenvalue weighted by molar-refractivity contribution is 6.03. The van der Waals surface area contributed by atoms with Gasteiger partial charge in [0.25, 0.3) is 5.91 Å². The van der Waals surface area contributed by atoms with E-state index >= 15 is 0 Å². The Kier molecular flexibility index (Phi) is 4.88. The Morgan fingerprint density at radius 1 is 1.15 bits per heavy atom. The fraction of sp³-hybridized carbons (Fsp3) is 0.105. The third-order valence-corrected chi connectivity index (χ3v) is 3.84. The van der Waals surface area contributed by atoms with E-state index in [4.69, 9.17) is 0 Å². The lowest BCUT2D eigenvalue weighted by molar-refractivity contribution is 0.102. The van der Waals surface area contributed by atoms with E-state index in [1.54, 1.807) is 19.2 Å². The van der Waals surface area contributed by atoms with E-state index in [9.17, 15) is 18.4 Å². The number of pyridine rings is 2. The van der Waals surface area contributed by atoms with Crippen LogP contribution in [0.25, 0.3) is 0 Å². The van der Waals surface area contributed by atoms with E-state index < -0.39 is 17.5 Å². The molecule has 1 aromatic carbocycles. The van der Waals surface area contributed by atoms with Crippen molar-refractivity contribution in [1.82, 2.24) is 9.55 Å². The van der Waals surface area contributed by atoms with E-state index in [1.165, 1.54) is 41.2 Å². The highest BCUT2D eigenvalue weighted by Crippen LogP contribution is 2.16. The molecule has 0 aliphatic carbocycles. The molecule has 0 aliphatic heterocycles. The van der Waals surface area contributed by atoms with Crippen LogP contribution >= 0.6 is 0 Å². The van der Waals surface area contributed by atoms with Gasteiger partial charge in [-0.1, -0.05) is 18.2 Å². The maximum atomic E-state index is 13.7. The molecule has 2 heterocycles. The fourth-order valence-corrected chi connectivity index (χ4v) is 2.42. The molecule has 26 heavy (non-hydrogen) atoms. The molecular formula is C19H15F2N3O2. The minimum absolute atomic E-state index is 0.186. The second kappa shape index (κ2) is 7.26. The smallest absolute Gasteiger partial charge is 0.258 e. The molecule has 7 heteroatoms. The largest absolute Gasteiger partial charge is 0.318 e. The number of aryl methyl sites for hydroxylation is 1. The maximum absolute atomic E-state index is 13.7. The molecule has 0 saturated carbocycles. The molecule has 1 N–H and O–H groups in total. The number of rotatable bonds is 4. The van der Waals surface area contributed by atoms with Gasteiger partial charge in [0.2, 0.25) is 5.56 Å². The molecule has 3 aromatic rings. The quantitative estimate of drug-likeness (QED) is 0.783. The average Bonchev–Trinajstić information content (AvgIpc) is 2.63. The number of carbonyl (C=O) groups is 1. The van der Waals surface area contributed by atoms with Crippen LogP contribution in [-0.4, -0.2) is 15.5 Å². The van der Waals surface area contributed by atoms with Crippen molar-refractivity contribution in [3.8, 4) is 0 Å². The van der Waals surface area contributed by atoms with Crippen LogP contribution in [0.3, 0.4) is 0 Å². The van der Waals surface area contributed by atoms with Gasteiger partial charge < -0.3 is 9.88 Å². The summed E-state index contributed by atoms with van der Waals surface area (Å²) in [6.45, 7) is 0. The molecular weight excluding hydrogens is 340 g/mol. The van der Waals surface area contributed by atoms with Crippen LogP contribution in [0.2, 0.25) is 0 Å². The van der Waals surface area contributed by atoms with E-state index in [0.717, 1.165) is 6.07 Å². The van der Waals surface area contributed by atoms with Crippen LogP contribution in [0, 0.1) is 11.6 Å². The predicted octanol–water partition coefficient (Wildman–Crippen LogP) is 2.90. The average molecular weight is 355 g/mol. The molecule has 1 amide bonds. The number of nitrogens with one attached hydrogen (secondary N) is 1. The van der Waals surface area contributed by atoms with E-state index in [-0.39, 0.29) is 17.5 Å². The standard InChI is InChI=1S/C19H15F2N3O2/c1-24-11-14(6-8-17(24)25)19(26)23-16-7-5-12(10-22-16)9-13-3-2-4-15(20)18(13)21/h2-8,10-11H,9H2,1H3,(H,22,23,26). The Balaban J connectivity index is 1.71. The first-order valence-corrected chi connectivity index (χ1v) is 7.80. The van der Waals surface area contributed by atoms with Gasteiger partial charge in [-0.3, -0.25) is 9.59 Å². The van der Waals surface area contributed by atoms with Crippen molar-refractivity contribution in [2.45, 2.75) is 6.42 Å². The highest BCUT2D eigenvalue weighted by atomic mass is 19.2. The molecule has 0 atom stereocenters. The van der Waals surface area contributed by atoms with Gasteiger partial charge in [0.15, 0.2) is 11.6 Å². The summed E-state index contributed by atoms with van der Waals surface area (Å²) < 4.78 is 28.3. The number of hydrogen-bond donors (Lipinski definition) is 1. The Labute approximate surface area is 147 Å². The molecule has 3 rings (SSSR count). The summed E-state index contributed by atoms with van der Waals surface area (Å²) in [5, 5.41) is 2.62. The van der Waals surface area contributed by atoms with Crippen LogP contribution in [0.4, 0.5) is 14.6 Å². The highest BCUT2D eigenvalue weighted by Gasteiger charge is 2.10. The zero-order chi connectivity index (χ0) is 18.7. The van der Waals surface area contributed by atoms with Crippen molar-refractivity contribution in [3.63, 3.8) is 0 Å². The van der Waals surface area contributed by atoms with Crippen molar-refractivity contribution in [2.75, 3.05) is 5.32 Å². The first kappa shape index (κ1) is 17.5. The number of halogens is 2. The molecule has 0 aliphatic rings. The first-order chi connectivity index (χ1) is 12.4. The number of benzene rings is 1. The van der Waals surface area contributed by atoms with Crippen molar-refractivity contribution in [3.05, 3.63) is 93.5 Å². The lowest BCUT2D eigenvalue weighted by Crippen LogP contribution is -2.19.